The highest BCUT2D eigenvalue weighted by atomic mass is 35.5. The highest BCUT2D eigenvalue weighted by Gasteiger charge is 2.15. The van der Waals surface area contributed by atoms with Crippen molar-refractivity contribution in [2.75, 3.05) is 13.1 Å². The first-order chi connectivity index (χ1) is 13.0. The average Bonchev–Trinajstić information content (AvgIpc) is 3.16. The molecule has 0 saturated carbocycles. The zero-order chi connectivity index (χ0) is 19.3. The van der Waals surface area contributed by atoms with E-state index in [1.165, 1.54) is 18.2 Å². The number of nitrogens with zero attached hydrogens (tertiary/aromatic N) is 1. The molecule has 0 aliphatic carbocycles. The molecule has 3 aromatic rings. The molecule has 1 amide bonds. The van der Waals surface area contributed by atoms with E-state index in [4.69, 9.17) is 16.1 Å². The number of sulfonamides is 1. The van der Waals surface area contributed by atoms with Crippen LogP contribution in [0.5, 0.6) is 0 Å². The van der Waals surface area contributed by atoms with Crippen molar-refractivity contribution in [1.29, 1.82) is 0 Å². The third-order valence-electron chi connectivity index (χ3n) is 3.61. The standard InChI is InChI=1S/C18H16ClN3O4S/c19-14-6-4-5-13(11-14)17-12-16(22-26-17)18(23)20-9-10-21-27(24,25)15-7-2-1-3-8-15/h1-8,11-12,21H,9-10H2,(H,20,23). The van der Waals surface area contributed by atoms with Gasteiger partial charge in [-0.1, -0.05) is 47.1 Å². The van der Waals surface area contributed by atoms with E-state index in [9.17, 15) is 13.2 Å². The van der Waals surface area contributed by atoms with Crippen LogP contribution in [-0.4, -0.2) is 32.6 Å². The monoisotopic (exact) mass is 405 g/mol. The Morgan fingerprint density at radius 3 is 2.56 bits per heavy atom. The van der Waals surface area contributed by atoms with Crippen LogP contribution in [0, 0.1) is 0 Å². The smallest absolute Gasteiger partial charge is 0.273 e. The Bertz CT molecular complexity index is 1040. The normalized spacial score (nSPS) is 11.3. The number of halogens is 1. The molecule has 2 aromatic carbocycles. The zero-order valence-corrected chi connectivity index (χ0v) is 15.6. The second kappa shape index (κ2) is 8.34. The highest BCUT2D eigenvalue weighted by Crippen LogP contribution is 2.23. The van der Waals surface area contributed by atoms with Gasteiger partial charge in [-0.2, -0.15) is 0 Å². The number of hydrogen-bond donors (Lipinski definition) is 2. The van der Waals surface area contributed by atoms with Gasteiger partial charge in [0.15, 0.2) is 11.5 Å². The van der Waals surface area contributed by atoms with Crippen molar-refractivity contribution < 1.29 is 17.7 Å². The minimum Gasteiger partial charge on any atom is -0.355 e. The van der Waals surface area contributed by atoms with Crippen LogP contribution < -0.4 is 10.0 Å². The molecule has 140 valence electrons. The largest absolute Gasteiger partial charge is 0.355 e. The number of nitrogens with one attached hydrogen (secondary N) is 2. The summed E-state index contributed by atoms with van der Waals surface area (Å²) in [5, 5.41) is 6.86. The van der Waals surface area contributed by atoms with E-state index in [0.717, 1.165) is 0 Å². The maximum Gasteiger partial charge on any atom is 0.273 e. The van der Waals surface area contributed by atoms with E-state index in [0.29, 0.717) is 16.3 Å². The Hall–Kier alpha value is -2.68. The molecule has 2 N–H and O–H groups in total. The molecule has 1 heterocycles. The minimum absolute atomic E-state index is 0.0436. The third kappa shape index (κ3) is 4.94. The highest BCUT2D eigenvalue weighted by molar-refractivity contribution is 7.89. The van der Waals surface area contributed by atoms with E-state index in [2.05, 4.69) is 15.2 Å². The number of hydrogen-bond acceptors (Lipinski definition) is 5. The molecule has 0 fully saturated rings. The number of rotatable bonds is 7. The molecule has 1 aromatic heterocycles. The van der Waals surface area contributed by atoms with Gasteiger partial charge in [0.2, 0.25) is 10.0 Å². The van der Waals surface area contributed by atoms with E-state index >= 15 is 0 Å². The summed E-state index contributed by atoms with van der Waals surface area (Å²) < 4.78 is 31.7. The fourth-order valence-electron chi connectivity index (χ4n) is 2.29. The first-order valence-corrected chi connectivity index (χ1v) is 9.87. The zero-order valence-electron chi connectivity index (χ0n) is 14.1. The number of aromatic nitrogens is 1. The molecule has 3 rings (SSSR count). The number of carbonyl (C=O) groups is 1. The van der Waals surface area contributed by atoms with Crippen molar-refractivity contribution >= 4 is 27.5 Å². The van der Waals surface area contributed by atoms with Gasteiger partial charge < -0.3 is 9.84 Å². The summed E-state index contributed by atoms with van der Waals surface area (Å²) >= 11 is 5.93. The summed E-state index contributed by atoms with van der Waals surface area (Å²) in [5.74, 6) is -0.0571. The van der Waals surface area contributed by atoms with Gasteiger partial charge in [0.1, 0.15) is 0 Å². The lowest BCUT2D eigenvalue weighted by Gasteiger charge is -2.07. The van der Waals surface area contributed by atoms with Gasteiger partial charge >= 0.3 is 0 Å². The molecule has 0 atom stereocenters. The van der Waals surface area contributed by atoms with E-state index in [1.807, 2.05) is 0 Å². The summed E-state index contributed by atoms with van der Waals surface area (Å²) in [6.45, 7) is 0.145. The Kier molecular flexibility index (Phi) is 5.90. The van der Waals surface area contributed by atoms with Crippen LogP contribution in [0.15, 0.2) is 70.1 Å². The van der Waals surface area contributed by atoms with Gasteiger partial charge in [0, 0.05) is 29.7 Å². The van der Waals surface area contributed by atoms with Crippen LogP contribution in [0.3, 0.4) is 0 Å². The van der Waals surface area contributed by atoms with Crippen molar-refractivity contribution in [2.45, 2.75) is 4.90 Å². The topological polar surface area (TPSA) is 101 Å². The van der Waals surface area contributed by atoms with Gasteiger partial charge in [0.25, 0.3) is 5.91 Å². The maximum absolute atomic E-state index is 12.1. The fraction of sp³-hybridized carbons (Fsp3) is 0.111. The van der Waals surface area contributed by atoms with E-state index < -0.39 is 15.9 Å². The van der Waals surface area contributed by atoms with Crippen molar-refractivity contribution in [3.63, 3.8) is 0 Å². The fourth-order valence-corrected chi connectivity index (χ4v) is 3.54. The summed E-state index contributed by atoms with van der Waals surface area (Å²) in [6.07, 6.45) is 0. The van der Waals surface area contributed by atoms with Crippen molar-refractivity contribution in [3.05, 3.63) is 71.4 Å². The Labute approximate surface area is 161 Å². The lowest BCUT2D eigenvalue weighted by atomic mass is 10.1. The molecule has 9 heteroatoms. The quantitative estimate of drug-likeness (QED) is 0.588. The van der Waals surface area contributed by atoms with Gasteiger partial charge in [-0.05, 0) is 24.3 Å². The Morgan fingerprint density at radius 2 is 1.81 bits per heavy atom. The van der Waals surface area contributed by atoms with Crippen molar-refractivity contribution in [2.24, 2.45) is 0 Å². The van der Waals surface area contributed by atoms with Crippen molar-refractivity contribution in [1.82, 2.24) is 15.2 Å². The summed E-state index contributed by atoms with van der Waals surface area (Å²) in [7, 11) is -3.61. The predicted molar refractivity (Wildman–Crippen MR) is 101 cm³/mol. The van der Waals surface area contributed by atoms with Crippen LogP contribution in [0.2, 0.25) is 5.02 Å². The molecule has 0 radical (unpaired) electrons. The second-order valence-electron chi connectivity index (χ2n) is 5.55. The first kappa shape index (κ1) is 19.1. The molecule has 27 heavy (non-hydrogen) atoms. The second-order valence-corrected chi connectivity index (χ2v) is 7.76. The van der Waals surface area contributed by atoms with Gasteiger partial charge in [-0.15, -0.1) is 0 Å². The van der Waals surface area contributed by atoms with Gasteiger partial charge in [-0.25, -0.2) is 13.1 Å². The molecule has 0 bridgehead atoms. The SMILES string of the molecule is O=C(NCCNS(=O)(=O)c1ccccc1)c1cc(-c2cccc(Cl)c2)on1. The number of carbonyl (C=O) groups excluding carboxylic acids is 1. The third-order valence-corrected chi connectivity index (χ3v) is 5.32. The van der Waals surface area contributed by atoms with Crippen molar-refractivity contribution in [3.8, 4) is 11.3 Å². The lowest BCUT2D eigenvalue weighted by Crippen LogP contribution is -2.34. The number of amides is 1. The lowest BCUT2D eigenvalue weighted by molar-refractivity contribution is 0.0945. The molecule has 0 saturated heterocycles. The van der Waals surface area contributed by atoms with Crippen LogP contribution in [0.25, 0.3) is 11.3 Å². The molecular formula is C18H16ClN3O4S. The molecule has 0 unspecified atom stereocenters. The number of benzene rings is 2. The molecule has 0 spiro atoms. The van der Waals surface area contributed by atoms with E-state index in [1.54, 1.807) is 42.5 Å². The van der Waals surface area contributed by atoms with Crippen LogP contribution >= 0.6 is 11.6 Å². The average molecular weight is 406 g/mol. The summed E-state index contributed by atoms with van der Waals surface area (Å²) in [6, 6.07) is 16.5. The maximum atomic E-state index is 12.1. The summed E-state index contributed by atoms with van der Waals surface area (Å²) in [5.41, 5.74) is 0.792. The van der Waals surface area contributed by atoms with Crippen LogP contribution in [-0.2, 0) is 10.0 Å². The molecule has 0 aliphatic rings. The molecular weight excluding hydrogens is 390 g/mol. The van der Waals surface area contributed by atoms with Crippen LogP contribution in [0.1, 0.15) is 10.5 Å². The predicted octanol–water partition coefficient (Wildman–Crippen LogP) is 2.70. The minimum atomic E-state index is -3.61. The molecule has 7 nitrogen and oxygen atoms in total. The summed E-state index contributed by atoms with van der Waals surface area (Å²) in [4.78, 5) is 12.3. The van der Waals surface area contributed by atoms with E-state index in [-0.39, 0.29) is 23.7 Å². The first-order valence-electron chi connectivity index (χ1n) is 8.01. The van der Waals surface area contributed by atoms with Crippen LogP contribution in [0.4, 0.5) is 0 Å². The Balaban J connectivity index is 1.53. The van der Waals surface area contributed by atoms with Gasteiger partial charge in [-0.3, -0.25) is 4.79 Å². The molecule has 0 aliphatic heterocycles. The Morgan fingerprint density at radius 1 is 1.04 bits per heavy atom. The van der Waals surface area contributed by atoms with Gasteiger partial charge in [0.05, 0.1) is 4.90 Å².